The fraction of sp³-hybridized carbons (Fsp3) is 0.524. The molecule has 0 spiro atoms. The van der Waals surface area contributed by atoms with Crippen LogP contribution in [0.25, 0.3) is 0 Å². The zero-order valence-electron chi connectivity index (χ0n) is 16.9. The Balaban J connectivity index is 2.68. The van der Waals surface area contributed by atoms with Gasteiger partial charge in [0.05, 0.1) is 12.6 Å². The third kappa shape index (κ3) is 7.33. The Hall–Kier alpha value is -2.50. The van der Waals surface area contributed by atoms with Gasteiger partial charge < -0.3 is 14.6 Å². The monoisotopic (exact) mass is 374 g/mol. The van der Waals surface area contributed by atoms with Crippen molar-refractivity contribution in [3.8, 4) is 0 Å². The van der Waals surface area contributed by atoms with Crippen molar-refractivity contribution in [1.29, 1.82) is 0 Å². The number of benzene rings is 1. The molecule has 27 heavy (non-hydrogen) atoms. The molecule has 2 amide bonds. The van der Waals surface area contributed by atoms with Gasteiger partial charge in [-0.05, 0) is 32.3 Å². The van der Waals surface area contributed by atoms with Gasteiger partial charge in [-0.1, -0.05) is 37.3 Å². The van der Waals surface area contributed by atoms with Crippen molar-refractivity contribution in [2.45, 2.75) is 46.1 Å². The zero-order chi connectivity index (χ0) is 20.6. The first-order valence-electron chi connectivity index (χ1n) is 9.18. The van der Waals surface area contributed by atoms with Gasteiger partial charge in [-0.15, -0.1) is 0 Å². The van der Waals surface area contributed by atoms with E-state index in [1.54, 1.807) is 14.0 Å². The molecule has 1 rings (SSSR count). The lowest BCUT2D eigenvalue weighted by atomic mass is 10.0. The fourth-order valence-corrected chi connectivity index (χ4v) is 3.08. The topological polar surface area (TPSA) is 74.8 Å². The largest absolute Gasteiger partial charge is 0.336 e. The Bertz CT molecular complexity index is 672. The van der Waals surface area contributed by atoms with E-state index < -0.39 is 12.0 Å². The van der Waals surface area contributed by atoms with E-state index >= 15 is 0 Å². The van der Waals surface area contributed by atoms with Crippen molar-refractivity contribution < 1.29 is 19.2 Å². The van der Waals surface area contributed by atoms with E-state index in [-0.39, 0.29) is 36.3 Å². The van der Waals surface area contributed by atoms with Crippen molar-refractivity contribution in [3.05, 3.63) is 35.9 Å². The van der Waals surface area contributed by atoms with Gasteiger partial charge in [0.15, 0.2) is 5.78 Å². The normalized spacial score (nSPS) is 12.8. The number of likely N-dealkylation sites (N-methyl/N-ethyl adjacent to an activating group) is 2. The molecule has 0 radical (unpaired) electrons. The van der Waals surface area contributed by atoms with Crippen LogP contribution in [-0.2, 0) is 25.6 Å². The van der Waals surface area contributed by atoms with Crippen molar-refractivity contribution in [2.75, 3.05) is 20.6 Å². The summed E-state index contributed by atoms with van der Waals surface area (Å²) >= 11 is 0. The summed E-state index contributed by atoms with van der Waals surface area (Å²) in [6.45, 7) is 4.47. The quantitative estimate of drug-likeness (QED) is 0.629. The molecule has 148 valence electrons. The molecule has 1 aromatic rings. The average molecular weight is 374 g/mol. The minimum Gasteiger partial charge on any atom is -0.336 e. The van der Waals surface area contributed by atoms with Crippen LogP contribution in [0.5, 0.6) is 0 Å². The number of hydrogen-bond acceptors (Lipinski definition) is 4. The predicted molar refractivity (Wildman–Crippen MR) is 104 cm³/mol. The summed E-state index contributed by atoms with van der Waals surface area (Å²) in [6.07, 6.45) is 1.37. The summed E-state index contributed by atoms with van der Waals surface area (Å²) in [5, 5.41) is 0. The molecule has 2 atom stereocenters. The molecule has 0 fully saturated rings. The third-order valence-electron chi connectivity index (χ3n) is 4.64. The van der Waals surface area contributed by atoms with Crippen LogP contribution in [0.4, 0.5) is 0 Å². The fourth-order valence-electron chi connectivity index (χ4n) is 3.08. The van der Waals surface area contributed by atoms with Gasteiger partial charge in [-0.3, -0.25) is 14.4 Å². The van der Waals surface area contributed by atoms with Crippen LogP contribution in [0.3, 0.4) is 0 Å². The van der Waals surface area contributed by atoms with Crippen LogP contribution in [0.2, 0.25) is 0 Å². The molecule has 0 saturated carbocycles. The van der Waals surface area contributed by atoms with Crippen LogP contribution in [0.1, 0.15) is 39.2 Å². The first-order valence-corrected chi connectivity index (χ1v) is 9.18. The molecule has 0 aliphatic rings. The molecule has 0 saturated heterocycles. The van der Waals surface area contributed by atoms with Crippen molar-refractivity contribution in [1.82, 2.24) is 9.80 Å². The number of rotatable bonds is 10. The van der Waals surface area contributed by atoms with E-state index in [1.165, 1.54) is 30.7 Å². The molecule has 0 bridgehead atoms. The Morgan fingerprint density at radius 1 is 1.00 bits per heavy atom. The molecule has 0 N–H and O–H groups in total. The Morgan fingerprint density at radius 3 is 2.11 bits per heavy atom. The first-order chi connectivity index (χ1) is 12.6. The van der Waals surface area contributed by atoms with E-state index in [2.05, 4.69) is 0 Å². The van der Waals surface area contributed by atoms with E-state index in [0.717, 1.165) is 5.56 Å². The highest BCUT2D eigenvalue weighted by Gasteiger charge is 2.27. The highest BCUT2D eigenvalue weighted by molar-refractivity contribution is 5.91. The van der Waals surface area contributed by atoms with Crippen molar-refractivity contribution in [2.24, 2.45) is 5.92 Å². The lowest BCUT2D eigenvalue weighted by Crippen LogP contribution is -2.47. The first kappa shape index (κ1) is 22.5. The Labute approximate surface area is 161 Å². The molecule has 0 aliphatic heterocycles. The molecular formula is C21H30N2O4. The van der Waals surface area contributed by atoms with E-state index in [9.17, 15) is 19.2 Å². The maximum absolute atomic E-state index is 12.6. The lowest BCUT2D eigenvalue weighted by Gasteiger charge is -2.29. The number of nitrogens with zero attached hydrogens (tertiary/aromatic N) is 2. The van der Waals surface area contributed by atoms with Crippen molar-refractivity contribution in [3.63, 3.8) is 0 Å². The van der Waals surface area contributed by atoms with Crippen LogP contribution in [-0.4, -0.2) is 59.9 Å². The number of Topliss-reactive ketones (excluding diaryl/α,β-unsaturated/α-hetero) is 2. The minimum absolute atomic E-state index is 0.0646. The Kier molecular flexibility index (Phi) is 8.85. The molecule has 0 heterocycles. The Morgan fingerprint density at radius 2 is 1.59 bits per heavy atom. The SMILES string of the molecule is CC(=O)C[C@H](C)C(=O)N(C)CC(=O)N(C)[C@@H](CCc1ccccc1)C(C)=O. The van der Waals surface area contributed by atoms with Crippen LogP contribution >= 0.6 is 0 Å². The molecular weight excluding hydrogens is 344 g/mol. The summed E-state index contributed by atoms with van der Waals surface area (Å²) in [7, 11) is 3.13. The second-order valence-corrected chi connectivity index (χ2v) is 7.16. The maximum atomic E-state index is 12.6. The number of carbonyl (C=O) groups excluding carboxylic acids is 4. The van der Waals surface area contributed by atoms with Crippen molar-refractivity contribution >= 4 is 23.4 Å². The molecule has 6 nitrogen and oxygen atoms in total. The third-order valence-corrected chi connectivity index (χ3v) is 4.64. The second-order valence-electron chi connectivity index (χ2n) is 7.16. The zero-order valence-corrected chi connectivity index (χ0v) is 16.9. The second kappa shape index (κ2) is 10.6. The average Bonchev–Trinajstić information content (AvgIpc) is 2.60. The summed E-state index contributed by atoms with van der Waals surface area (Å²) in [5.41, 5.74) is 1.11. The number of ketones is 2. The summed E-state index contributed by atoms with van der Waals surface area (Å²) in [6, 6.07) is 9.26. The van der Waals surface area contributed by atoms with Gasteiger partial charge in [-0.25, -0.2) is 0 Å². The number of amides is 2. The van der Waals surface area contributed by atoms with Gasteiger partial charge in [-0.2, -0.15) is 0 Å². The molecule has 0 aromatic heterocycles. The van der Waals surface area contributed by atoms with E-state index in [0.29, 0.717) is 12.8 Å². The van der Waals surface area contributed by atoms with E-state index in [4.69, 9.17) is 0 Å². The van der Waals surface area contributed by atoms with Gasteiger partial charge in [0.2, 0.25) is 11.8 Å². The maximum Gasteiger partial charge on any atom is 0.242 e. The van der Waals surface area contributed by atoms with Crippen LogP contribution in [0.15, 0.2) is 30.3 Å². The molecule has 0 aliphatic carbocycles. The van der Waals surface area contributed by atoms with E-state index in [1.807, 2.05) is 30.3 Å². The number of aryl methyl sites for hydroxylation is 1. The van der Waals surface area contributed by atoms with Gasteiger partial charge >= 0.3 is 0 Å². The molecule has 1 aromatic carbocycles. The lowest BCUT2D eigenvalue weighted by molar-refractivity contribution is -0.144. The molecule has 0 unspecified atom stereocenters. The summed E-state index contributed by atoms with van der Waals surface area (Å²) in [5.74, 6) is -1.16. The van der Waals surface area contributed by atoms with Gasteiger partial charge in [0.1, 0.15) is 5.78 Å². The number of hydrogen-bond donors (Lipinski definition) is 0. The highest BCUT2D eigenvalue weighted by Crippen LogP contribution is 2.12. The molecule has 6 heteroatoms. The summed E-state index contributed by atoms with van der Waals surface area (Å²) < 4.78 is 0. The van der Waals surface area contributed by atoms with Gasteiger partial charge in [0, 0.05) is 26.4 Å². The minimum atomic E-state index is -0.532. The highest BCUT2D eigenvalue weighted by atomic mass is 16.2. The van der Waals surface area contributed by atoms with Crippen LogP contribution < -0.4 is 0 Å². The van der Waals surface area contributed by atoms with Gasteiger partial charge in [0.25, 0.3) is 0 Å². The predicted octanol–water partition coefficient (Wildman–Crippen LogP) is 2.11. The van der Waals surface area contributed by atoms with Crippen LogP contribution in [0, 0.1) is 5.92 Å². The summed E-state index contributed by atoms with van der Waals surface area (Å²) in [4.78, 5) is 50.8. The number of carbonyl (C=O) groups is 4. The standard InChI is InChI=1S/C21H30N2O4/c1-15(13-16(2)24)21(27)22(4)14-20(26)23(5)19(17(3)25)12-11-18-9-7-6-8-10-18/h6-10,15,19H,11-14H2,1-5H3/t15-,19-/m0/s1. The smallest absolute Gasteiger partial charge is 0.242 e.